The van der Waals surface area contributed by atoms with Gasteiger partial charge in [0.1, 0.15) is 5.60 Å². The molecule has 118 valence electrons. The number of hydrogen-bond donors (Lipinski definition) is 2. The molecule has 0 aromatic heterocycles. The molecule has 2 bridgehead atoms. The van der Waals surface area contributed by atoms with Crippen LogP contribution >= 0.6 is 15.9 Å². The van der Waals surface area contributed by atoms with E-state index >= 15 is 0 Å². The molecule has 3 N–H and O–H groups in total. The van der Waals surface area contributed by atoms with Crippen LogP contribution in [-0.4, -0.2) is 50.5 Å². The van der Waals surface area contributed by atoms with Crippen molar-refractivity contribution in [3.8, 4) is 0 Å². The molecule has 7 nitrogen and oxygen atoms in total. The number of rotatable bonds is 1. The largest absolute Gasteiger partial charge is 0.443 e. The number of hydrogen-bond acceptors (Lipinski definition) is 5. The van der Waals surface area contributed by atoms with E-state index in [1.807, 2.05) is 0 Å². The first-order chi connectivity index (χ1) is 9.54. The summed E-state index contributed by atoms with van der Waals surface area (Å²) >= 11 is 3.26. The highest BCUT2D eigenvalue weighted by Crippen LogP contribution is 2.43. The summed E-state index contributed by atoms with van der Waals surface area (Å²) in [4.78, 5) is 36.5. The number of alkyl halides is 1. The third kappa shape index (κ3) is 2.78. The number of carbonyl (C=O) groups is 3. The summed E-state index contributed by atoms with van der Waals surface area (Å²) < 4.78 is 5.20. The maximum atomic E-state index is 12.4. The van der Waals surface area contributed by atoms with Crippen molar-refractivity contribution in [3.63, 3.8) is 0 Å². The first-order valence-electron chi connectivity index (χ1n) is 6.72. The van der Waals surface area contributed by atoms with Gasteiger partial charge in [-0.15, -0.1) is 0 Å². The summed E-state index contributed by atoms with van der Waals surface area (Å²) in [6.07, 6.45) is -1.68. The third-order valence-corrected chi connectivity index (χ3v) is 4.97. The van der Waals surface area contributed by atoms with Gasteiger partial charge in [0, 0.05) is 0 Å². The maximum absolute atomic E-state index is 12.4. The van der Waals surface area contributed by atoms with Crippen molar-refractivity contribution in [2.75, 3.05) is 0 Å². The number of primary amides is 1. The van der Waals surface area contributed by atoms with Crippen molar-refractivity contribution >= 4 is 33.8 Å². The second-order valence-electron chi connectivity index (χ2n) is 6.47. The number of nitrogens with zero attached hydrogens (tertiary/aromatic N) is 1. The van der Waals surface area contributed by atoms with Crippen LogP contribution in [0.4, 0.5) is 4.79 Å². The molecule has 21 heavy (non-hydrogen) atoms. The van der Waals surface area contributed by atoms with Crippen molar-refractivity contribution in [1.82, 2.24) is 4.90 Å². The molecule has 1 aliphatic carbocycles. The van der Waals surface area contributed by atoms with Gasteiger partial charge in [0.2, 0.25) is 11.8 Å². The van der Waals surface area contributed by atoms with E-state index in [1.54, 1.807) is 20.8 Å². The molecular weight excluding hydrogens is 344 g/mol. The Bertz CT molecular complexity index is 489. The van der Waals surface area contributed by atoms with Gasteiger partial charge in [-0.1, -0.05) is 15.9 Å². The smallest absolute Gasteiger partial charge is 0.417 e. The molecule has 0 aromatic rings. The normalized spacial score (nSPS) is 35.8. The highest BCUT2D eigenvalue weighted by Gasteiger charge is 2.59. The molecule has 1 saturated carbocycles. The van der Waals surface area contributed by atoms with Crippen LogP contribution in [0.5, 0.6) is 0 Å². The van der Waals surface area contributed by atoms with Crippen molar-refractivity contribution in [2.24, 2.45) is 17.6 Å². The molecular formula is C13H19BrN2O5. The standard InChI is InChI=1S/C13H19BrN2O5/c1-13(2,3)21-12(20)16-8-6(10(15)18)4-5(11(16)19)7(14)9(8)17/h5-9,17H,4H2,1-3H3,(H2,15,18)/t5-,6-,7-,8-,9+/m0/s1. The van der Waals surface area contributed by atoms with Gasteiger partial charge in [-0.2, -0.15) is 0 Å². The fourth-order valence-corrected chi connectivity index (χ4v) is 3.66. The average molecular weight is 363 g/mol. The Morgan fingerprint density at radius 3 is 2.48 bits per heavy atom. The second-order valence-corrected chi connectivity index (χ2v) is 7.52. The van der Waals surface area contributed by atoms with Gasteiger partial charge in [-0.3, -0.25) is 9.59 Å². The molecule has 3 aliphatic rings. The first kappa shape index (κ1) is 16.2. The minimum Gasteiger partial charge on any atom is -0.443 e. The predicted molar refractivity (Wildman–Crippen MR) is 76.4 cm³/mol. The number of aliphatic hydroxyl groups excluding tert-OH is 1. The number of amides is 3. The Labute approximate surface area is 130 Å². The van der Waals surface area contributed by atoms with E-state index in [0.29, 0.717) is 0 Å². The van der Waals surface area contributed by atoms with E-state index in [4.69, 9.17) is 10.5 Å². The number of carbonyl (C=O) groups excluding carboxylic acids is 3. The van der Waals surface area contributed by atoms with Crippen LogP contribution in [0.15, 0.2) is 0 Å². The fourth-order valence-electron chi connectivity index (χ4n) is 2.91. The van der Waals surface area contributed by atoms with Crippen LogP contribution in [0.3, 0.4) is 0 Å². The van der Waals surface area contributed by atoms with Crippen molar-refractivity contribution in [2.45, 2.75) is 49.8 Å². The minimum atomic E-state index is -1.05. The molecule has 2 saturated heterocycles. The molecule has 2 heterocycles. The number of imide groups is 1. The van der Waals surface area contributed by atoms with Gasteiger partial charge in [0.05, 0.1) is 28.8 Å². The highest BCUT2D eigenvalue weighted by atomic mass is 79.9. The predicted octanol–water partition coefficient (Wildman–Crippen LogP) is 0.378. The summed E-state index contributed by atoms with van der Waals surface area (Å²) in [5.74, 6) is -2.51. The summed E-state index contributed by atoms with van der Waals surface area (Å²) in [5, 5.41) is 10.3. The third-order valence-electron chi connectivity index (χ3n) is 3.79. The van der Waals surface area contributed by atoms with Crippen LogP contribution in [0.2, 0.25) is 0 Å². The quantitative estimate of drug-likeness (QED) is 0.655. The van der Waals surface area contributed by atoms with Gasteiger partial charge in [-0.25, -0.2) is 9.69 Å². The minimum absolute atomic E-state index is 0.227. The summed E-state index contributed by atoms with van der Waals surface area (Å²) in [5.41, 5.74) is 4.56. The Hall–Kier alpha value is -1.15. The zero-order valence-corrected chi connectivity index (χ0v) is 13.7. The zero-order chi connectivity index (χ0) is 16.1. The van der Waals surface area contributed by atoms with E-state index in [9.17, 15) is 19.5 Å². The first-order valence-corrected chi connectivity index (χ1v) is 7.63. The lowest BCUT2D eigenvalue weighted by Gasteiger charge is -2.51. The number of nitrogens with two attached hydrogens (primary N) is 1. The summed E-state index contributed by atoms with van der Waals surface area (Å²) in [7, 11) is 0. The van der Waals surface area contributed by atoms with Crippen LogP contribution < -0.4 is 5.73 Å². The molecule has 3 amide bonds. The lowest BCUT2D eigenvalue weighted by Crippen LogP contribution is -2.70. The van der Waals surface area contributed by atoms with Gasteiger partial charge in [-0.05, 0) is 27.2 Å². The van der Waals surface area contributed by atoms with Crippen LogP contribution in [0.1, 0.15) is 27.2 Å². The van der Waals surface area contributed by atoms with E-state index in [-0.39, 0.29) is 6.42 Å². The molecule has 3 rings (SSSR count). The lowest BCUT2D eigenvalue weighted by molar-refractivity contribution is -0.161. The van der Waals surface area contributed by atoms with Crippen molar-refractivity contribution < 1.29 is 24.2 Å². The number of piperidine rings is 2. The SMILES string of the molecule is CC(C)(C)OC(=O)N1C(=O)[C@H]2C[C@H](C(N)=O)[C@H]1[C@H](O)[C@H]2Br. The molecule has 0 aromatic carbocycles. The van der Waals surface area contributed by atoms with Crippen LogP contribution in [-0.2, 0) is 14.3 Å². The second kappa shape index (κ2) is 5.24. The zero-order valence-electron chi connectivity index (χ0n) is 12.1. The molecule has 5 atom stereocenters. The van der Waals surface area contributed by atoms with E-state index < -0.39 is 52.3 Å². The topological polar surface area (TPSA) is 110 Å². The van der Waals surface area contributed by atoms with Gasteiger partial charge >= 0.3 is 6.09 Å². The van der Waals surface area contributed by atoms with Gasteiger partial charge in [0.25, 0.3) is 0 Å². The number of ether oxygens (including phenoxy) is 1. The number of halogens is 1. The number of fused-ring (bicyclic) bond motifs is 3. The fraction of sp³-hybridized carbons (Fsp3) is 0.769. The Morgan fingerprint density at radius 2 is 2.00 bits per heavy atom. The molecule has 8 heteroatoms. The van der Waals surface area contributed by atoms with E-state index in [1.165, 1.54) is 0 Å². The molecule has 0 unspecified atom stereocenters. The van der Waals surface area contributed by atoms with Gasteiger partial charge < -0.3 is 15.6 Å². The monoisotopic (exact) mass is 362 g/mol. The Balaban J connectivity index is 2.34. The van der Waals surface area contributed by atoms with Gasteiger partial charge in [0.15, 0.2) is 0 Å². The summed E-state index contributed by atoms with van der Waals surface area (Å²) in [6.45, 7) is 5.02. The Morgan fingerprint density at radius 1 is 1.43 bits per heavy atom. The molecule has 2 aliphatic heterocycles. The molecule has 0 spiro atoms. The van der Waals surface area contributed by atoms with Crippen molar-refractivity contribution in [1.29, 1.82) is 0 Å². The Kier molecular flexibility index (Phi) is 4.05. The average Bonchev–Trinajstić information content (AvgIpc) is 2.32. The molecule has 3 fully saturated rings. The van der Waals surface area contributed by atoms with Crippen molar-refractivity contribution in [3.05, 3.63) is 0 Å². The highest BCUT2D eigenvalue weighted by molar-refractivity contribution is 9.09. The lowest BCUT2D eigenvalue weighted by atomic mass is 9.70. The van der Waals surface area contributed by atoms with E-state index in [0.717, 1.165) is 4.90 Å². The summed E-state index contributed by atoms with van der Waals surface area (Å²) in [6, 6.07) is -0.987. The maximum Gasteiger partial charge on any atom is 0.417 e. The number of aliphatic hydroxyl groups is 1. The molecule has 0 radical (unpaired) electrons. The van der Waals surface area contributed by atoms with E-state index in [2.05, 4.69) is 15.9 Å². The van der Waals surface area contributed by atoms with Crippen LogP contribution in [0.25, 0.3) is 0 Å². The van der Waals surface area contributed by atoms with Crippen LogP contribution in [0, 0.1) is 11.8 Å².